The predicted octanol–water partition coefficient (Wildman–Crippen LogP) is 1.30. The summed E-state index contributed by atoms with van der Waals surface area (Å²) in [6.07, 6.45) is 4.90. The lowest BCUT2D eigenvalue weighted by molar-refractivity contribution is 0.0899. The van der Waals surface area contributed by atoms with E-state index < -0.39 is 5.56 Å². The van der Waals surface area contributed by atoms with Crippen molar-refractivity contribution >= 4 is 23.0 Å². The highest BCUT2D eigenvalue weighted by molar-refractivity contribution is 5.83. The van der Waals surface area contributed by atoms with Crippen LogP contribution in [0, 0.1) is 0 Å². The number of carbonyl (C=O) groups is 1. The molecule has 3 N–H and O–H groups in total. The van der Waals surface area contributed by atoms with Crippen molar-refractivity contribution in [2.24, 2.45) is 0 Å². The van der Waals surface area contributed by atoms with Crippen LogP contribution in [-0.4, -0.2) is 35.0 Å². The SMILES string of the molecule is Nc1nc2c(ncn2CCC(=O)n2ccnc2-c2ccccc2)c(=O)[nH]1. The van der Waals surface area contributed by atoms with Gasteiger partial charge < -0.3 is 10.3 Å². The second kappa shape index (κ2) is 6.28. The first-order valence-electron chi connectivity index (χ1n) is 7.96. The quantitative estimate of drug-likeness (QED) is 0.572. The number of nitrogens with two attached hydrogens (primary N) is 1. The molecule has 3 heterocycles. The van der Waals surface area contributed by atoms with E-state index in [0.717, 1.165) is 5.56 Å². The fraction of sp³-hybridized carbons (Fsp3) is 0.118. The van der Waals surface area contributed by atoms with Gasteiger partial charge in [-0.05, 0) is 0 Å². The average molecular weight is 349 g/mol. The minimum atomic E-state index is -0.404. The summed E-state index contributed by atoms with van der Waals surface area (Å²) >= 11 is 0. The Morgan fingerprint density at radius 2 is 2.00 bits per heavy atom. The molecule has 0 aliphatic heterocycles. The number of carbonyl (C=O) groups excluding carboxylic acids is 1. The Morgan fingerprint density at radius 3 is 2.81 bits per heavy atom. The Balaban J connectivity index is 1.58. The monoisotopic (exact) mass is 349 g/mol. The molecule has 0 radical (unpaired) electrons. The van der Waals surface area contributed by atoms with Gasteiger partial charge >= 0.3 is 0 Å². The van der Waals surface area contributed by atoms with E-state index in [9.17, 15) is 9.59 Å². The van der Waals surface area contributed by atoms with Crippen molar-refractivity contribution in [2.75, 3.05) is 5.73 Å². The standard InChI is InChI=1S/C17H15N7O2/c18-17-21-15-13(16(26)22-17)20-10-23(15)8-6-12(25)24-9-7-19-14(24)11-4-2-1-3-5-11/h1-5,7,9-10H,6,8H2,(H3,18,21,22,26). The molecule has 130 valence electrons. The molecule has 0 saturated heterocycles. The molecular formula is C17H15N7O2. The Labute approximate surface area is 147 Å². The highest BCUT2D eigenvalue weighted by Gasteiger charge is 2.14. The molecule has 0 saturated carbocycles. The van der Waals surface area contributed by atoms with Crippen molar-refractivity contribution in [3.63, 3.8) is 0 Å². The number of nitrogens with zero attached hydrogens (tertiary/aromatic N) is 5. The summed E-state index contributed by atoms with van der Waals surface area (Å²) < 4.78 is 3.15. The van der Waals surface area contributed by atoms with Gasteiger partial charge in [-0.2, -0.15) is 4.98 Å². The first-order chi connectivity index (χ1) is 12.6. The average Bonchev–Trinajstić information content (AvgIpc) is 3.28. The summed E-state index contributed by atoms with van der Waals surface area (Å²) in [5.41, 5.74) is 6.59. The topological polar surface area (TPSA) is 124 Å². The molecule has 9 heteroatoms. The Kier molecular flexibility index (Phi) is 3.81. The highest BCUT2D eigenvalue weighted by Crippen LogP contribution is 2.17. The van der Waals surface area contributed by atoms with Crippen molar-refractivity contribution in [1.29, 1.82) is 0 Å². The van der Waals surface area contributed by atoms with Crippen molar-refractivity contribution in [3.8, 4) is 11.4 Å². The summed E-state index contributed by atoms with van der Waals surface area (Å²) in [6, 6.07) is 9.49. The van der Waals surface area contributed by atoms with E-state index in [1.54, 1.807) is 17.0 Å². The van der Waals surface area contributed by atoms with Crippen molar-refractivity contribution < 1.29 is 4.79 Å². The van der Waals surface area contributed by atoms with E-state index in [0.29, 0.717) is 18.0 Å². The van der Waals surface area contributed by atoms with Crippen LogP contribution >= 0.6 is 0 Å². The van der Waals surface area contributed by atoms with E-state index in [2.05, 4.69) is 19.9 Å². The molecule has 0 unspecified atom stereocenters. The van der Waals surface area contributed by atoms with E-state index in [-0.39, 0.29) is 23.8 Å². The number of anilines is 1. The van der Waals surface area contributed by atoms with Gasteiger partial charge in [-0.25, -0.2) is 9.97 Å². The summed E-state index contributed by atoms with van der Waals surface area (Å²) in [5, 5.41) is 0. The molecule has 0 aliphatic rings. The molecular weight excluding hydrogens is 334 g/mol. The number of rotatable bonds is 4. The van der Waals surface area contributed by atoms with Crippen molar-refractivity contribution in [2.45, 2.75) is 13.0 Å². The normalized spacial score (nSPS) is 11.1. The summed E-state index contributed by atoms with van der Waals surface area (Å²) in [4.78, 5) is 39.2. The lowest BCUT2D eigenvalue weighted by Gasteiger charge is -2.07. The first-order valence-corrected chi connectivity index (χ1v) is 7.96. The van der Waals surface area contributed by atoms with Gasteiger partial charge in [0.15, 0.2) is 11.2 Å². The van der Waals surface area contributed by atoms with Crippen molar-refractivity contribution in [1.82, 2.24) is 29.1 Å². The Morgan fingerprint density at radius 1 is 1.19 bits per heavy atom. The second-order valence-corrected chi connectivity index (χ2v) is 5.69. The number of aromatic nitrogens is 6. The largest absolute Gasteiger partial charge is 0.369 e. The highest BCUT2D eigenvalue weighted by atomic mass is 16.2. The minimum absolute atomic E-state index is 0.0107. The number of aromatic amines is 1. The third-order valence-electron chi connectivity index (χ3n) is 4.00. The maximum atomic E-state index is 12.6. The number of H-pyrrole nitrogens is 1. The smallest absolute Gasteiger partial charge is 0.280 e. The maximum Gasteiger partial charge on any atom is 0.280 e. The molecule has 0 atom stereocenters. The number of benzene rings is 1. The summed E-state index contributed by atoms with van der Waals surface area (Å²) in [5.74, 6) is 0.475. The molecule has 4 aromatic rings. The summed E-state index contributed by atoms with van der Waals surface area (Å²) in [7, 11) is 0. The predicted molar refractivity (Wildman–Crippen MR) is 95.5 cm³/mol. The van der Waals surface area contributed by atoms with Gasteiger partial charge in [-0.1, -0.05) is 30.3 Å². The molecule has 9 nitrogen and oxygen atoms in total. The van der Waals surface area contributed by atoms with E-state index in [1.165, 1.54) is 10.9 Å². The Hall–Kier alpha value is -3.75. The number of aryl methyl sites for hydroxylation is 1. The second-order valence-electron chi connectivity index (χ2n) is 5.69. The van der Waals surface area contributed by atoms with Crippen LogP contribution in [0.5, 0.6) is 0 Å². The molecule has 4 rings (SSSR count). The van der Waals surface area contributed by atoms with E-state index in [4.69, 9.17) is 5.73 Å². The molecule has 0 bridgehead atoms. The van der Waals surface area contributed by atoms with E-state index in [1.807, 2.05) is 30.3 Å². The zero-order chi connectivity index (χ0) is 18.1. The number of hydrogen-bond acceptors (Lipinski definition) is 6. The van der Waals surface area contributed by atoms with Gasteiger partial charge in [0.1, 0.15) is 5.82 Å². The van der Waals surface area contributed by atoms with Crippen LogP contribution in [-0.2, 0) is 6.54 Å². The molecule has 0 amide bonds. The first kappa shape index (κ1) is 15.8. The lowest BCUT2D eigenvalue weighted by atomic mass is 10.2. The zero-order valence-electron chi connectivity index (χ0n) is 13.7. The van der Waals surface area contributed by atoms with Crippen LogP contribution in [0.3, 0.4) is 0 Å². The number of nitrogen functional groups attached to an aromatic ring is 1. The van der Waals surface area contributed by atoms with Gasteiger partial charge in [-0.3, -0.25) is 19.1 Å². The molecule has 26 heavy (non-hydrogen) atoms. The van der Waals surface area contributed by atoms with Crippen LogP contribution in [0.1, 0.15) is 11.2 Å². The maximum absolute atomic E-state index is 12.6. The van der Waals surface area contributed by atoms with Crippen LogP contribution in [0.2, 0.25) is 0 Å². The fourth-order valence-electron chi connectivity index (χ4n) is 2.78. The molecule has 0 spiro atoms. The molecule has 1 aromatic carbocycles. The Bertz CT molecular complexity index is 1140. The number of imidazole rings is 2. The third-order valence-corrected chi connectivity index (χ3v) is 4.00. The minimum Gasteiger partial charge on any atom is -0.369 e. The van der Waals surface area contributed by atoms with Crippen LogP contribution in [0.15, 0.2) is 53.8 Å². The van der Waals surface area contributed by atoms with Crippen LogP contribution < -0.4 is 11.3 Å². The zero-order valence-corrected chi connectivity index (χ0v) is 13.7. The summed E-state index contributed by atoms with van der Waals surface area (Å²) in [6.45, 7) is 0.317. The molecule has 3 aromatic heterocycles. The number of hydrogen-bond donors (Lipinski definition) is 2. The van der Waals surface area contributed by atoms with Crippen molar-refractivity contribution in [3.05, 3.63) is 59.4 Å². The van der Waals surface area contributed by atoms with Crippen LogP contribution in [0.25, 0.3) is 22.6 Å². The van der Waals surface area contributed by atoms with Gasteiger partial charge in [0.05, 0.1) is 6.33 Å². The number of fused-ring (bicyclic) bond motifs is 1. The van der Waals surface area contributed by atoms with Gasteiger partial charge in [-0.15, -0.1) is 0 Å². The molecule has 0 aliphatic carbocycles. The van der Waals surface area contributed by atoms with Gasteiger partial charge in [0, 0.05) is 30.9 Å². The van der Waals surface area contributed by atoms with Crippen LogP contribution in [0.4, 0.5) is 5.95 Å². The third kappa shape index (κ3) is 2.75. The molecule has 0 fully saturated rings. The van der Waals surface area contributed by atoms with Gasteiger partial charge in [0.25, 0.3) is 5.56 Å². The number of nitrogens with one attached hydrogen (secondary N) is 1. The van der Waals surface area contributed by atoms with E-state index >= 15 is 0 Å². The lowest BCUT2D eigenvalue weighted by Crippen LogP contribution is -2.15. The fourth-order valence-corrected chi connectivity index (χ4v) is 2.78. The van der Waals surface area contributed by atoms with Gasteiger partial charge in [0.2, 0.25) is 11.9 Å².